The first-order chi connectivity index (χ1) is 8.90. The van der Waals surface area contributed by atoms with E-state index in [9.17, 15) is 12.8 Å². The van der Waals surface area contributed by atoms with Gasteiger partial charge in [0.1, 0.15) is 5.82 Å². The molecule has 1 rings (SSSR count). The van der Waals surface area contributed by atoms with Crippen LogP contribution in [0.5, 0.6) is 0 Å². The van der Waals surface area contributed by atoms with E-state index in [-0.39, 0.29) is 17.2 Å². The fraction of sp³-hybridized carbons (Fsp3) is 0.500. The standard InChI is InChI=1S/C12H19FN2O3S/c1-2-3-6-15(7-8-16)12-5-4-10(9-11(12)13)19(14,17)18/h4-5,9,16H,2-3,6-8H2,1H3,(H2,14,17,18). The molecule has 19 heavy (non-hydrogen) atoms. The maximum Gasteiger partial charge on any atom is 0.238 e. The summed E-state index contributed by atoms with van der Waals surface area (Å²) in [5.41, 5.74) is 0.273. The van der Waals surface area contributed by atoms with Crippen molar-refractivity contribution in [1.29, 1.82) is 0 Å². The van der Waals surface area contributed by atoms with Gasteiger partial charge in [0.05, 0.1) is 17.2 Å². The van der Waals surface area contributed by atoms with E-state index in [2.05, 4.69) is 0 Å². The highest BCUT2D eigenvalue weighted by Crippen LogP contribution is 2.22. The van der Waals surface area contributed by atoms with Crippen LogP contribution in [-0.4, -0.2) is 33.2 Å². The van der Waals surface area contributed by atoms with Gasteiger partial charge in [0, 0.05) is 13.1 Å². The van der Waals surface area contributed by atoms with E-state index in [4.69, 9.17) is 10.2 Å². The molecule has 0 aliphatic carbocycles. The summed E-state index contributed by atoms with van der Waals surface area (Å²) in [7, 11) is -3.90. The van der Waals surface area contributed by atoms with Crippen molar-refractivity contribution in [2.24, 2.45) is 5.14 Å². The van der Waals surface area contributed by atoms with E-state index in [1.54, 1.807) is 4.90 Å². The molecule has 3 N–H and O–H groups in total. The molecule has 0 aliphatic rings. The minimum absolute atomic E-state index is 0.0971. The van der Waals surface area contributed by atoms with Crippen molar-refractivity contribution in [3.8, 4) is 0 Å². The van der Waals surface area contributed by atoms with Crippen molar-refractivity contribution < 1.29 is 17.9 Å². The lowest BCUT2D eigenvalue weighted by atomic mass is 10.2. The second-order valence-electron chi connectivity index (χ2n) is 4.22. The van der Waals surface area contributed by atoms with Crippen molar-refractivity contribution in [3.05, 3.63) is 24.0 Å². The molecule has 0 bridgehead atoms. The molecular formula is C12H19FN2O3S. The number of nitrogens with two attached hydrogens (primary N) is 1. The quantitative estimate of drug-likeness (QED) is 0.787. The summed E-state index contributed by atoms with van der Waals surface area (Å²) >= 11 is 0. The van der Waals surface area contributed by atoms with Gasteiger partial charge in [-0.15, -0.1) is 0 Å². The maximum atomic E-state index is 13.9. The maximum absolute atomic E-state index is 13.9. The lowest BCUT2D eigenvalue weighted by molar-refractivity contribution is 0.301. The Morgan fingerprint density at radius 3 is 2.53 bits per heavy atom. The van der Waals surface area contributed by atoms with Crippen LogP contribution in [-0.2, 0) is 10.0 Å². The van der Waals surface area contributed by atoms with Gasteiger partial charge in [-0.3, -0.25) is 0 Å². The monoisotopic (exact) mass is 290 g/mol. The average molecular weight is 290 g/mol. The molecule has 0 radical (unpaired) electrons. The van der Waals surface area contributed by atoms with Gasteiger partial charge in [0.25, 0.3) is 0 Å². The summed E-state index contributed by atoms with van der Waals surface area (Å²) in [5.74, 6) is -0.656. The van der Waals surface area contributed by atoms with Gasteiger partial charge in [0.15, 0.2) is 0 Å². The minimum Gasteiger partial charge on any atom is -0.395 e. The van der Waals surface area contributed by atoms with Crippen LogP contribution in [0.4, 0.5) is 10.1 Å². The fourth-order valence-electron chi connectivity index (χ4n) is 1.74. The van der Waals surface area contributed by atoms with Crippen molar-refractivity contribution in [2.45, 2.75) is 24.7 Å². The van der Waals surface area contributed by atoms with Crippen LogP contribution in [0.1, 0.15) is 19.8 Å². The summed E-state index contributed by atoms with van der Waals surface area (Å²) in [6.07, 6.45) is 1.80. The predicted octanol–water partition coefficient (Wildman–Crippen LogP) is 1.07. The second kappa shape index (κ2) is 6.83. The molecule has 1 aromatic carbocycles. The van der Waals surface area contributed by atoms with E-state index in [1.165, 1.54) is 12.1 Å². The van der Waals surface area contributed by atoms with E-state index < -0.39 is 15.8 Å². The van der Waals surface area contributed by atoms with Crippen LogP contribution in [0.3, 0.4) is 0 Å². The Hall–Kier alpha value is -1.18. The molecule has 0 saturated heterocycles. The second-order valence-corrected chi connectivity index (χ2v) is 5.78. The van der Waals surface area contributed by atoms with Crippen LogP contribution in [0.25, 0.3) is 0 Å². The number of aliphatic hydroxyl groups is 1. The van der Waals surface area contributed by atoms with Crippen LogP contribution in [0.2, 0.25) is 0 Å². The number of sulfonamides is 1. The number of hydrogen-bond donors (Lipinski definition) is 2. The molecule has 7 heteroatoms. The Bertz CT molecular complexity index is 520. The molecule has 0 amide bonds. The highest BCUT2D eigenvalue weighted by atomic mass is 32.2. The lowest BCUT2D eigenvalue weighted by Gasteiger charge is -2.24. The molecule has 0 heterocycles. The van der Waals surface area contributed by atoms with Gasteiger partial charge in [-0.05, 0) is 24.6 Å². The zero-order valence-electron chi connectivity index (χ0n) is 10.8. The van der Waals surface area contributed by atoms with E-state index >= 15 is 0 Å². The Labute approximate surface area is 112 Å². The van der Waals surface area contributed by atoms with Gasteiger partial charge in [0.2, 0.25) is 10.0 Å². The third-order valence-corrected chi connectivity index (χ3v) is 3.65. The number of anilines is 1. The summed E-state index contributed by atoms with van der Waals surface area (Å²) in [5, 5.41) is 13.9. The number of hydrogen-bond acceptors (Lipinski definition) is 4. The molecule has 108 valence electrons. The highest BCUT2D eigenvalue weighted by molar-refractivity contribution is 7.89. The summed E-state index contributed by atoms with van der Waals surface area (Å²) in [6, 6.07) is 3.55. The van der Waals surface area contributed by atoms with Crippen LogP contribution in [0, 0.1) is 5.82 Å². The Morgan fingerprint density at radius 2 is 2.05 bits per heavy atom. The molecule has 5 nitrogen and oxygen atoms in total. The summed E-state index contributed by atoms with van der Waals surface area (Å²) < 4.78 is 36.2. The third-order valence-electron chi connectivity index (χ3n) is 2.74. The van der Waals surface area contributed by atoms with Crippen molar-refractivity contribution in [1.82, 2.24) is 0 Å². The number of halogens is 1. The topological polar surface area (TPSA) is 83.6 Å². The summed E-state index contributed by atoms with van der Waals surface area (Å²) in [4.78, 5) is 1.43. The van der Waals surface area contributed by atoms with Gasteiger partial charge < -0.3 is 10.0 Å². The molecule has 0 fully saturated rings. The largest absolute Gasteiger partial charge is 0.395 e. The predicted molar refractivity (Wildman–Crippen MR) is 72.0 cm³/mol. The van der Waals surface area contributed by atoms with E-state index in [0.29, 0.717) is 13.1 Å². The van der Waals surface area contributed by atoms with Crippen LogP contribution >= 0.6 is 0 Å². The number of unbranched alkanes of at least 4 members (excludes halogenated alkanes) is 1. The van der Waals surface area contributed by atoms with Gasteiger partial charge in [-0.1, -0.05) is 13.3 Å². The zero-order valence-corrected chi connectivity index (χ0v) is 11.7. The third kappa shape index (κ3) is 4.45. The molecule has 0 aliphatic heterocycles. The molecule has 1 aromatic rings. The van der Waals surface area contributed by atoms with E-state index in [1.807, 2.05) is 6.92 Å². The fourth-order valence-corrected chi connectivity index (χ4v) is 2.27. The van der Waals surface area contributed by atoms with Crippen LogP contribution in [0.15, 0.2) is 23.1 Å². The average Bonchev–Trinajstić information content (AvgIpc) is 2.33. The van der Waals surface area contributed by atoms with Crippen molar-refractivity contribution in [2.75, 3.05) is 24.6 Å². The molecular weight excluding hydrogens is 271 g/mol. The van der Waals surface area contributed by atoms with E-state index in [0.717, 1.165) is 18.9 Å². The minimum atomic E-state index is -3.90. The lowest BCUT2D eigenvalue weighted by Crippen LogP contribution is -2.28. The number of primary sulfonamides is 1. The van der Waals surface area contributed by atoms with Crippen molar-refractivity contribution in [3.63, 3.8) is 0 Å². The molecule has 0 spiro atoms. The number of nitrogens with zero attached hydrogens (tertiary/aromatic N) is 1. The first kappa shape index (κ1) is 15.9. The SMILES string of the molecule is CCCCN(CCO)c1ccc(S(N)(=O)=O)cc1F. The first-order valence-corrected chi connectivity index (χ1v) is 7.63. The molecule has 0 atom stereocenters. The van der Waals surface area contributed by atoms with Gasteiger partial charge >= 0.3 is 0 Å². The Kier molecular flexibility index (Phi) is 5.71. The van der Waals surface area contributed by atoms with Crippen molar-refractivity contribution >= 4 is 15.7 Å². The Morgan fingerprint density at radius 1 is 1.37 bits per heavy atom. The normalized spacial score (nSPS) is 11.6. The molecule has 0 unspecified atom stereocenters. The highest BCUT2D eigenvalue weighted by Gasteiger charge is 2.15. The Balaban J connectivity index is 3.04. The molecule has 0 aromatic heterocycles. The summed E-state index contributed by atoms with van der Waals surface area (Å²) in [6.45, 7) is 2.81. The van der Waals surface area contributed by atoms with Gasteiger partial charge in [-0.2, -0.15) is 0 Å². The number of benzene rings is 1. The van der Waals surface area contributed by atoms with Gasteiger partial charge in [-0.25, -0.2) is 17.9 Å². The van der Waals surface area contributed by atoms with Crippen LogP contribution < -0.4 is 10.0 Å². The molecule has 0 saturated carbocycles. The number of rotatable bonds is 7. The first-order valence-electron chi connectivity index (χ1n) is 6.08. The number of aliphatic hydroxyl groups excluding tert-OH is 1. The smallest absolute Gasteiger partial charge is 0.238 e. The zero-order chi connectivity index (χ0) is 14.5.